The molecule has 1 heterocycles. The number of nitrogens with one attached hydrogen (secondary N) is 2. The molecule has 0 spiro atoms. The predicted octanol–water partition coefficient (Wildman–Crippen LogP) is 5.42. The Hall–Kier alpha value is -4.36. The Morgan fingerprint density at radius 3 is 2.42 bits per heavy atom. The first-order valence-corrected chi connectivity index (χ1v) is 13.2. The van der Waals surface area contributed by atoms with Crippen molar-refractivity contribution in [1.29, 1.82) is 0 Å². The molecule has 1 fully saturated rings. The lowest BCUT2D eigenvalue weighted by atomic mass is 10.1. The van der Waals surface area contributed by atoms with Crippen LogP contribution in [0.5, 0.6) is 5.75 Å². The van der Waals surface area contributed by atoms with E-state index in [9.17, 15) is 29.3 Å². The number of anilines is 2. The average molecular weight is 672 g/mol. The molecule has 0 atom stereocenters. The zero-order chi connectivity index (χ0) is 29.1. The summed E-state index contributed by atoms with van der Waals surface area (Å²) in [4.78, 5) is 62.1. The van der Waals surface area contributed by atoms with Gasteiger partial charge < -0.3 is 10.1 Å². The van der Waals surface area contributed by atoms with E-state index in [0.29, 0.717) is 19.5 Å². The van der Waals surface area contributed by atoms with Crippen molar-refractivity contribution in [1.82, 2.24) is 5.32 Å². The predicted molar refractivity (Wildman–Crippen MR) is 154 cm³/mol. The van der Waals surface area contributed by atoms with Gasteiger partial charge in [0.1, 0.15) is 11.3 Å². The zero-order valence-electron chi connectivity index (χ0n) is 21.0. The summed E-state index contributed by atoms with van der Waals surface area (Å²) < 4.78 is 6.79. The van der Waals surface area contributed by atoms with Crippen molar-refractivity contribution in [2.45, 2.75) is 13.8 Å². The number of hydrogen-bond donors (Lipinski definition) is 2. The standard InChI is InChI=1S/C27H20Br2N4O7/c1-14-3-8-22(15(2)9-14)30-23(34)13-40-24-16(10-17(28)12-21(24)29)11-20-25(35)31-27(37)32(26(20)36)18-4-6-19(7-5-18)33(38)39/h3-12H,13H2,1-2H3,(H,30,34)(H,31,35,37)/b20-11-. The quantitative estimate of drug-likeness (QED) is 0.147. The minimum absolute atomic E-state index is 0.0291. The van der Waals surface area contributed by atoms with Crippen molar-refractivity contribution in [3.63, 3.8) is 0 Å². The number of carbonyl (C=O) groups excluding carboxylic acids is 4. The highest BCUT2D eigenvalue weighted by Gasteiger charge is 2.37. The number of imide groups is 2. The van der Waals surface area contributed by atoms with Crippen LogP contribution in [0, 0.1) is 24.0 Å². The maximum Gasteiger partial charge on any atom is 0.335 e. The van der Waals surface area contributed by atoms with E-state index in [0.717, 1.165) is 23.3 Å². The number of nitro groups is 1. The fraction of sp³-hybridized carbons (Fsp3) is 0.111. The van der Waals surface area contributed by atoms with Crippen molar-refractivity contribution < 1.29 is 28.8 Å². The number of ether oxygens (including phenoxy) is 1. The molecule has 0 aromatic heterocycles. The number of urea groups is 1. The molecule has 11 nitrogen and oxygen atoms in total. The third-order valence-corrected chi connectivity index (χ3v) is 6.81. The number of non-ortho nitro benzene ring substituents is 1. The van der Waals surface area contributed by atoms with E-state index < -0.39 is 34.2 Å². The minimum Gasteiger partial charge on any atom is -0.482 e. The van der Waals surface area contributed by atoms with Gasteiger partial charge in [-0.25, -0.2) is 9.69 Å². The number of barbiturate groups is 1. The molecule has 3 aromatic carbocycles. The van der Waals surface area contributed by atoms with Crippen LogP contribution >= 0.6 is 31.9 Å². The number of aryl methyl sites for hydroxylation is 2. The second kappa shape index (κ2) is 11.8. The summed E-state index contributed by atoms with van der Waals surface area (Å²) in [7, 11) is 0. The molecule has 1 aliphatic rings. The molecule has 3 aromatic rings. The van der Waals surface area contributed by atoms with Gasteiger partial charge in [-0.05, 0) is 71.7 Å². The molecule has 2 N–H and O–H groups in total. The van der Waals surface area contributed by atoms with Crippen molar-refractivity contribution in [2.24, 2.45) is 0 Å². The molecule has 0 bridgehead atoms. The average Bonchev–Trinajstić information content (AvgIpc) is 2.87. The van der Waals surface area contributed by atoms with Crippen LogP contribution in [0.4, 0.5) is 21.9 Å². The second-order valence-corrected chi connectivity index (χ2v) is 10.5. The third kappa shape index (κ3) is 6.26. The number of hydrogen-bond acceptors (Lipinski definition) is 7. The lowest BCUT2D eigenvalue weighted by Gasteiger charge is -2.26. The maximum absolute atomic E-state index is 13.3. The molecule has 13 heteroatoms. The van der Waals surface area contributed by atoms with Gasteiger partial charge in [0.2, 0.25) is 0 Å². The first kappa shape index (κ1) is 28.6. The second-order valence-electron chi connectivity index (χ2n) is 8.69. The summed E-state index contributed by atoms with van der Waals surface area (Å²) in [5, 5.41) is 15.8. The van der Waals surface area contributed by atoms with Crippen LogP contribution in [-0.2, 0) is 14.4 Å². The van der Waals surface area contributed by atoms with Gasteiger partial charge in [-0.3, -0.25) is 29.8 Å². The fourth-order valence-electron chi connectivity index (χ4n) is 3.89. The highest BCUT2D eigenvalue weighted by Crippen LogP contribution is 2.35. The van der Waals surface area contributed by atoms with E-state index in [1.807, 2.05) is 26.0 Å². The SMILES string of the molecule is Cc1ccc(NC(=O)COc2c(Br)cc(Br)cc2/C=C2/C(=O)NC(=O)N(c3ccc([N+](=O)[O-])cc3)C2=O)c(C)c1. The van der Waals surface area contributed by atoms with Crippen molar-refractivity contribution in [2.75, 3.05) is 16.8 Å². The van der Waals surface area contributed by atoms with E-state index in [4.69, 9.17) is 4.74 Å². The lowest BCUT2D eigenvalue weighted by molar-refractivity contribution is -0.384. The van der Waals surface area contributed by atoms with Crippen LogP contribution in [0.2, 0.25) is 0 Å². The van der Waals surface area contributed by atoms with Gasteiger partial charge in [-0.2, -0.15) is 0 Å². The summed E-state index contributed by atoms with van der Waals surface area (Å²) in [6.45, 7) is 3.44. The van der Waals surface area contributed by atoms with Crippen molar-refractivity contribution in [3.05, 3.63) is 95.9 Å². The van der Waals surface area contributed by atoms with Crippen LogP contribution in [0.3, 0.4) is 0 Å². The molecular weight excluding hydrogens is 652 g/mol. The summed E-state index contributed by atoms with van der Waals surface area (Å²) in [5.74, 6) is -2.15. The Morgan fingerprint density at radius 1 is 1.07 bits per heavy atom. The van der Waals surface area contributed by atoms with Gasteiger partial charge in [0.05, 0.1) is 15.1 Å². The number of carbonyl (C=O) groups is 4. The fourth-order valence-corrected chi connectivity index (χ4v) is 5.26. The van der Waals surface area contributed by atoms with Gasteiger partial charge in [-0.15, -0.1) is 0 Å². The molecule has 4 rings (SSSR count). The highest BCUT2D eigenvalue weighted by molar-refractivity contribution is 9.11. The molecule has 40 heavy (non-hydrogen) atoms. The maximum atomic E-state index is 13.3. The van der Waals surface area contributed by atoms with Crippen LogP contribution in [0.15, 0.2) is 69.1 Å². The Labute approximate surface area is 244 Å². The molecule has 0 aliphatic carbocycles. The first-order chi connectivity index (χ1) is 18.9. The van der Waals surface area contributed by atoms with Gasteiger partial charge >= 0.3 is 6.03 Å². The largest absolute Gasteiger partial charge is 0.482 e. The van der Waals surface area contributed by atoms with E-state index in [-0.39, 0.29) is 29.3 Å². The molecular formula is C27H20Br2N4O7. The third-order valence-electron chi connectivity index (χ3n) is 5.76. The van der Waals surface area contributed by atoms with E-state index >= 15 is 0 Å². The van der Waals surface area contributed by atoms with E-state index in [1.165, 1.54) is 18.2 Å². The minimum atomic E-state index is -1.00. The van der Waals surface area contributed by atoms with Gasteiger partial charge in [-0.1, -0.05) is 33.6 Å². The molecule has 0 unspecified atom stereocenters. The van der Waals surface area contributed by atoms with Crippen LogP contribution in [0.1, 0.15) is 16.7 Å². The zero-order valence-corrected chi connectivity index (χ0v) is 24.2. The molecule has 204 valence electrons. The van der Waals surface area contributed by atoms with Crippen molar-refractivity contribution >= 4 is 78.8 Å². The smallest absolute Gasteiger partial charge is 0.335 e. The number of nitrogens with zero attached hydrogens (tertiary/aromatic N) is 2. The van der Waals surface area contributed by atoms with Crippen molar-refractivity contribution in [3.8, 4) is 5.75 Å². The van der Waals surface area contributed by atoms with E-state index in [2.05, 4.69) is 42.5 Å². The Balaban J connectivity index is 1.62. The molecule has 5 amide bonds. The highest BCUT2D eigenvalue weighted by atomic mass is 79.9. The lowest BCUT2D eigenvalue weighted by Crippen LogP contribution is -2.54. The van der Waals surface area contributed by atoms with Gasteiger partial charge in [0, 0.05) is 27.9 Å². The van der Waals surface area contributed by atoms with Crippen LogP contribution in [0.25, 0.3) is 6.08 Å². The summed E-state index contributed by atoms with van der Waals surface area (Å²) >= 11 is 6.74. The number of rotatable bonds is 7. The normalized spacial score (nSPS) is 14.2. The van der Waals surface area contributed by atoms with Gasteiger partial charge in [0.15, 0.2) is 6.61 Å². The monoisotopic (exact) mass is 670 g/mol. The number of nitro benzene ring substituents is 1. The molecule has 0 saturated carbocycles. The summed E-state index contributed by atoms with van der Waals surface area (Å²) in [6.07, 6.45) is 1.23. The Bertz CT molecular complexity index is 1600. The van der Waals surface area contributed by atoms with Crippen LogP contribution in [-0.4, -0.2) is 35.3 Å². The van der Waals surface area contributed by atoms with Gasteiger partial charge in [0.25, 0.3) is 23.4 Å². The Morgan fingerprint density at radius 2 is 1.77 bits per heavy atom. The number of halogens is 2. The topological polar surface area (TPSA) is 148 Å². The van der Waals surface area contributed by atoms with E-state index in [1.54, 1.807) is 18.2 Å². The number of amides is 5. The summed E-state index contributed by atoms with van der Waals surface area (Å²) in [6, 6.07) is 12.5. The number of benzene rings is 3. The first-order valence-electron chi connectivity index (χ1n) is 11.6. The summed E-state index contributed by atoms with van der Waals surface area (Å²) in [5.41, 5.74) is 2.24. The Kier molecular flexibility index (Phi) is 8.45. The molecule has 1 saturated heterocycles. The molecule has 1 aliphatic heterocycles. The molecule has 0 radical (unpaired) electrons. The van der Waals surface area contributed by atoms with Crippen LogP contribution < -0.4 is 20.3 Å².